The van der Waals surface area contributed by atoms with Crippen LogP contribution in [-0.4, -0.2) is 25.8 Å². The number of hydrogen-bond acceptors (Lipinski definition) is 4. The van der Waals surface area contributed by atoms with Gasteiger partial charge in [-0.05, 0) is 36.8 Å². The number of hydrogen-bond donors (Lipinski definition) is 0. The molecule has 0 saturated carbocycles. The van der Waals surface area contributed by atoms with Gasteiger partial charge in [-0.3, -0.25) is 4.90 Å². The summed E-state index contributed by atoms with van der Waals surface area (Å²) in [5, 5.41) is 4.79. The standard InChI is InChI=1S/C19H21ClN4S2/c1-4-11-23(12-15-9-10-17(20)26-15)13-24-19(25)22(3)18(21-24)16-8-6-5-7-14(16)2/h4-10H,1,11-13H2,2-3H3. The van der Waals surface area contributed by atoms with Gasteiger partial charge in [-0.15, -0.1) is 17.9 Å². The maximum absolute atomic E-state index is 6.06. The van der Waals surface area contributed by atoms with E-state index in [0.29, 0.717) is 11.4 Å². The van der Waals surface area contributed by atoms with E-state index in [1.54, 1.807) is 11.3 Å². The monoisotopic (exact) mass is 404 g/mol. The molecule has 2 heterocycles. The first-order chi connectivity index (χ1) is 12.5. The third kappa shape index (κ3) is 4.15. The van der Waals surface area contributed by atoms with Crippen molar-refractivity contribution in [2.45, 2.75) is 20.1 Å². The summed E-state index contributed by atoms with van der Waals surface area (Å²) >= 11 is 13.3. The van der Waals surface area contributed by atoms with Gasteiger partial charge < -0.3 is 4.57 Å². The summed E-state index contributed by atoms with van der Waals surface area (Å²) in [6.45, 7) is 8.07. The Bertz CT molecular complexity index is 970. The SMILES string of the molecule is C=CCN(Cc1ccc(Cl)s1)Cn1nc(-c2ccccc2C)n(C)c1=S. The Balaban J connectivity index is 1.88. The Morgan fingerprint density at radius 2 is 2.08 bits per heavy atom. The maximum Gasteiger partial charge on any atom is 0.199 e. The smallest absolute Gasteiger partial charge is 0.199 e. The normalized spacial score (nSPS) is 11.2. The predicted molar refractivity (Wildman–Crippen MR) is 112 cm³/mol. The maximum atomic E-state index is 6.06. The van der Waals surface area contributed by atoms with Crippen molar-refractivity contribution in [3.8, 4) is 11.4 Å². The van der Waals surface area contributed by atoms with Crippen LogP contribution in [0.4, 0.5) is 0 Å². The van der Waals surface area contributed by atoms with E-state index in [-0.39, 0.29) is 0 Å². The van der Waals surface area contributed by atoms with Gasteiger partial charge in [0.25, 0.3) is 0 Å². The first-order valence-electron chi connectivity index (χ1n) is 8.27. The fourth-order valence-electron chi connectivity index (χ4n) is 2.84. The van der Waals surface area contributed by atoms with E-state index in [0.717, 1.165) is 28.8 Å². The van der Waals surface area contributed by atoms with Crippen molar-refractivity contribution in [3.05, 3.63) is 68.6 Å². The molecule has 0 saturated heterocycles. The highest BCUT2D eigenvalue weighted by Gasteiger charge is 2.14. The van der Waals surface area contributed by atoms with Crippen molar-refractivity contribution < 1.29 is 0 Å². The molecule has 0 radical (unpaired) electrons. The summed E-state index contributed by atoms with van der Waals surface area (Å²) in [6, 6.07) is 12.2. The van der Waals surface area contributed by atoms with Gasteiger partial charge in [-0.2, -0.15) is 5.10 Å². The Morgan fingerprint density at radius 3 is 2.73 bits per heavy atom. The second-order valence-electron chi connectivity index (χ2n) is 6.13. The van der Waals surface area contributed by atoms with E-state index in [1.807, 2.05) is 40.6 Å². The average molecular weight is 405 g/mol. The molecule has 2 aromatic heterocycles. The van der Waals surface area contributed by atoms with Crippen molar-refractivity contribution in [1.82, 2.24) is 19.2 Å². The first kappa shape index (κ1) is 19.0. The summed E-state index contributed by atoms with van der Waals surface area (Å²) < 4.78 is 5.33. The zero-order valence-electron chi connectivity index (χ0n) is 14.9. The van der Waals surface area contributed by atoms with Crippen molar-refractivity contribution in [2.24, 2.45) is 7.05 Å². The topological polar surface area (TPSA) is 26.0 Å². The fourth-order valence-corrected chi connectivity index (χ4v) is 4.15. The van der Waals surface area contributed by atoms with E-state index in [4.69, 9.17) is 28.9 Å². The van der Waals surface area contributed by atoms with Crippen LogP contribution in [0.2, 0.25) is 4.34 Å². The van der Waals surface area contributed by atoms with Crippen LogP contribution >= 0.6 is 35.2 Å². The predicted octanol–water partition coefficient (Wildman–Crippen LogP) is 5.29. The molecule has 0 spiro atoms. The van der Waals surface area contributed by atoms with Crippen LogP contribution in [0.1, 0.15) is 10.4 Å². The highest BCUT2D eigenvalue weighted by atomic mass is 35.5. The lowest BCUT2D eigenvalue weighted by Crippen LogP contribution is -2.26. The second kappa shape index (κ2) is 8.31. The van der Waals surface area contributed by atoms with E-state index >= 15 is 0 Å². The summed E-state index contributed by atoms with van der Waals surface area (Å²) in [6.07, 6.45) is 1.89. The number of thiophene rings is 1. The van der Waals surface area contributed by atoms with E-state index < -0.39 is 0 Å². The van der Waals surface area contributed by atoms with Crippen LogP contribution < -0.4 is 0 Å². The lowest BCUT2D eigenvalue weighted by atomic mass is 10.1. The molecule has 7 heteroatoms. The molecule has 0 aliphatic rings. The van der Waals surface area contributed by atoms with Crippen LogP contribution in [0.5, 0.6) is 0 Å². The van der Waals surface area contributed by atoms with Crippen LogP contribution in [0.15, 0.2) is 49.1 Å². The summed E-state index contributed by atoms with van der Waals surface area (Å²) in [5.74, 6) is 0.880. The minimum Gasteiger partial charge on any atom is -0.303 e. The molecule has 0 unspecified atom stereocenters. The number of benzene rings is 1. The van der Waals surface area contributed by atoms with Gasteiger partial charge in [0.2, 0.25) is 0 Å². The average Bonchev–Trinajstić information content (AvgIpc) is 3.14. The fraction of sp³-hybridized carbons (Fsp3) is 0.263. The van der Waals surface area contributed by atoms with Gasteiger partial charge in [0.05, 0.1) is 11.0 Å². The number of nitrogens with zero attached hydrogens (tertiary/aromatic N) is 4. The van der Waals surface area contributed by atoms with E-state index in [2.05, 4.69) is 36.6 Å². The molecule has 0 atom stereocenters. The molecule has 0 fully saturated rings. The third-order valence-electron chi connectivity index (χ3n) is 4.16. The number of aromatic nitrogens is 3. The summed E-state index contributed by atoms with van der Waals surface area (Å²) in [7, 11) is 1.96. The Labute approximate surface area is 168 Å². The Kier molecular flexibility index (Phi) is 6.09. The zero-order valence-corrected chi connectivity index (χ0v) is 17.2. The van der Waals surface area contributed by atoms with Crippen molar-refractivity contribution >= 4 is 35.2 Å². The molecule has 26 heavy (non-hydrogen) atoms. The van der Waals surface area contributed by atoms with Crippen molar-refractivity contribution in [1.29, 1.82) is 0 Å². The highest BCUT2D eigenvalue weighted by Crippen LogP contribution is 2.24. The minimum atomic E-state index is 0.597. The van der Waals surface area contributed by atoms with Crippen LogP contribution in [0, 0.1) is 11.7 Å². The van der Waals surface area contributed by atoms with Gasteiger partial charge in [0, 0.05) is 30.6 Å². The first-order valence-corrected chi connectivity index (χ1v) is 9.87. The molecule has 3 rings (SSSR count). The molecule has 0 bridgehead atoms. The quantitative estimate of drug-likeness (QED) is 0.395. The molecule has 3 aromatic rings. The molecular formula is C19H21ClN4S2. The highest BCUT2D eigenvalue weighted by molar-refractivity contribution is 7.71. The van der Waals surface area contributed by atoms with Crippen molar-refractivity contribution in [3.63, 3.8) is 0 Å². The summed E-state index contributed by atoms with van der Waals surface area (Å²) in [5.41, 5.74) is 2.28. The van der Waals surface area contributed by atoms with Gasteiger partial charge >= 0.3 is 0 Å². The molecular weight excluding hydrogens is 384 g/mol. The summed E-state index contributed by atoms with van der Waals surface area (Å²) in [4.78, 5) is 3.44. The van der Waals surface area contributed by atoms with Crippen LogP contribution in [0.3, 0.4) is 0 Å². The lowest BCUT2D eigenvalue weighted by Gasteiger charge is -2.19. The lowest BCUT2D eigenvalue weighted by molar-refractivity contribution is 0.220. The van der Waals surface area contributed by atoms with Gasteiger partial charge in [0.15, 0.2) is 10.6 Å². The Morgan fingerprint density at radius 1 is 1.31 bits per heavy atom. The molecule has 0 N–H and O–H groups in total. The second-order valence-corrected chi connectivity index (χ2v) is 8.29. The minimum absolute atomic E-state index is 0.597. The molecule has 4 nitrogen and oxygen atoms in total. The van der Waals surface area contributed by atoms with Crippen molar-refractivity contribution in [2.75, 3.05) is 6.54 Å². The number of aryl methyl sites for hydroxylation is 1. The van der Waals surface area contributed by atoms with E-state index in [9.17, 15) is 0 Å². The molecule has 0 aliphatic carbocycles. The molecule has 136 valence electrons. The van der Waals surface area contributed by atoms with Gasteiger partial charge in [0.1, 0.15) is 0 Å². The number of rotatable bonds is 7. The molecule has 0 aliphatic heterocycles. The van der Waals surface area contributed by atoms with Gasteiger partial charge in [-0.1, -0.05) is 41.9 Å². The largest absolute Gasteiger partial charge is 0.303 e. The van der Waals surface area contributed by atoms with E-state index in [1.165, 1.54) is 10.4 Å². The third-order valence-corrected chi connectivity index (χ3v) is 5.86. The molecule has 0 amide bonds. The zero-order chi connectivity index (χ0) is 18.7. The number of halogens is 1. The van der Waals surface area contributed by atoms with Crippen LogP contribution in [-0.2, 0) is 20.3 Å². The van der Waals surface area contributed by atoms with Gasteiger partial charge in [-0.25, -0.2) is 4.68 Å². The molecule has 1 aromatic carbocycles. The Hall–Kier alpha value is -1.73. The van der Waals surface area contributed by atoms with Crippen LogP contribution in [0.25, 0.3) is 11.4 Å².